The number of rotatable bonds is 9. The smallest absolute Gasteiger partial charge is 0.139 e. The Bertz CT molecular complexity index is 648. The second kappa shape index (κ2) is 10.0. The normalized spacial score (nSPS) is 20.7. The van der Waals surface area contributed by atoms with Crippen molar-refractivity contribution < 1.29 is 0 Å². The van der Waals surface area contributed by atoms with Crippen LogP contribution in [0.1, 0.15) is 38.2 Å². The number of hydrogen-bond acceptors (Lipinski definition) is 4. The molecule has 2 atom stereocenters. The Labute approximate surface area is 159 Å². The van der Waals surface area contributed by atoms with Crippen LogP contribution in [0, 0.1) is 5.92 Å². The number of hydrogen-bond donors (Lipinski definition) is 4. The molecule has 1 saturated carbocycles. The van der Waals surface area contributed by atoms with Crippen LogP contribution in [0.4, 0.5) is 0 Å². The lowest BCUT2D eigenvalue weighted by Crippen LogP contribution is -2.24. The van der Waals surface area contributed by atoms with Gasteiger partial charge in [0, 0.05) is 43.3 Å². The first-order valence-corrected chi connectivity index (χ1v) is 9.61. The molecule has 140 valence electrons. The SMILES string of the molecule is Bc1ccc(CN/C=C(N)/C(=C/NC2CCC(CC)C2)C(=C)NC)cc1. The quantitative estimate of drug-likeness (QED) is 0.403. The Morgan fingerprint density at radius 1 is 1.27 bits per heavy atom. The van der Waals surface area contributed by atoms with Crippen LogP contribution in [0.5, 0.6) is 0 Å². The highest BCUT2D eigenvalue weighted by molar-refractivity contribution is 6.32. The van der Waals surface area contributed by atoms with Crippen molar-refractivity contribution in [3.63, 3.8) is 0 Å². The van der Waals surface area contributed by atoms with Crippen LogP contribution in [0.25, 0.3) is 0 Å². The van der Waals surface area contributed by atoms with Crippen LogP contribution in [-0.2, 0) is 6.54 Å². The van der Waals surface area contributed by atoms with Gasteiger partial charge in [0.15, 0.2) is 0 Å². The molecule has 0 aliphatic heterocycles. The molecule has 0 saturated heterocycles. The van der Waals surface area contributed by atoms with E-state index in [4.69, 9.17) is 5.73 Å². The Kier molecular flexibility index (Phi) is 7.70. The zero-order valence-corrected chi connectivity index (χ0v) is 16.4. The number of nitrogens with one attached hydrogen (secondary N) is 3. The fraction of sp³-hybridized carbons (Fsp3) is 0.429. The minimum atomic E-state index is 0.535. The van der Waals surface area contributed by atoms with E-state index in [-0.39, 0.29) is 0 Å². The highest BCUT2D eigenvalue weighted by Gasteiger charge is 2.22. The van der Waals surface area contributed by atoms with Crippen molar-refractivity contribution in [2.45, 2.75) is 45.2 Å². The Balaban J connectivity index is 1.96. The van der Waals surface area contributed by atoms with E-state index in [9.17, 15) is 0 Å². The average Bonchev–Trinajstić information content (AvgIpc) is 3.11. The highest BCUT2D eigenvalue weighted by Crippen LogP contribution is 2.28. The second-order valence-corrected chi connectivity index (χ2v) is 7.20. The maximum Gasteiger partial charge on any atom is 0.139 e. The first-order valence-electron chi connectivity index (χ1n) is 9.61. The Morgan fingerprint density at radius 2 is 2.00 bits per heavy atom. The van der Waals surface area contributed by atoms with Gasteiger partial charge in [-0.05, 0) is 30.7 Å². The lowest BCUT2D eigenvalue weighted by atomic mass is 9.95. The molecule has 1 aliphatic carbocycles. The van der Waals surface area contributed by atoms with Crippen molar-refractivity contribution in [1.29, 1.82) is 0 Å². The van der Waals surface area contributed by atoms with Crippen LogP contribution in [0.15, 0.2) is 60.2 Å². The minimum absolute atomic E-state index is 0.535. The van der Waals surface area contributed by atoms with Crippen LogP contribution >= 0.6 is 0 Å². The molecule has 0 spiro atoms. The van der Waals surface area contributed by atoms with Crippen molar-refractivity contribution in [3.05, 3.63) is 65.8 Å². The molecular weight excluding hydrogens is 319 g/mol. The van der Waals surface area contributed by atoms with Crippen LogP contribution in [-0.4, -0.2) is 20.9 Å². The van der Waals surface area contributed by atoms with E-state index in [1.54, 1.807) is 0 Å². The van der Waals surface area contributed by atoms with E-state index >= 15 is 0 Å². The van der Waals surface area contributed by atoms with Crippen molar-refractivity contribution in [3.8, 4) is 0 Å². The van der Waals surface area contributed by atoms with Gasteiger partial charge in [-0.15, -0.1) is 0 Å². The van der Waals surface area contributed by atoms with E-state index in [1.165, 1.54) is 36.7 Å². The largest absolute Gasteiger partial charge is 0.397 e. The van der Waals surface area contributed by atoms with Gasteiger partial charge in [0.05, 0.1) is 5.70 Å². The van der Waals surface area contributed by atoms with Crippen LogP contribution in [0.3, 0.4) is 0 Å². The summed E-state index contributed by atoms with van der Waals surface area (Å²) >= 11 is 0. The molecule has 0 amide bonds. The molecule has 2 rings (SSSR count). The molecule has 5 N–H and O–H groups in total. The summed E-state index contributed by atoms with van der Waals surface area (Å²) in [5.41, 5.74) is 11.2. The first-order chi connectivity index (χ1) is 12.5. The van der Waals surface area contributed by atoms with Crippen molar-refractivity contribution in [2.24, 2.45) is 11.7 Å². The van der Waals surface area contributed by atoms with Gasteiger partial charge in [0.2, 0.25) is 0 Å². The van der Waals surface area contributed by atoms with Crippen molar-refractivity contribution >= 4 is 13.3 Å². The molecule has 1 aliphatic rings. The lowest BCUT2D eigenvalue weighted by molar-refractivity contribution is 0.505. The summed E-state index contributed by atoms with van der Waals surface area (Å²) < 4.78 is 0. The predicted molar refractivity (Wildman–Crippen MR) is 115 cm³/mol. The van der Waals surface area contributed by atoms with Gasteiger partial charge in [0.1, 0.15) is 7.85 Å². The minimum Gasteiger partial charge on any atom is -0.397 e. The molecule has 1 fully saturated rings. The molecule has 4 nitrogen and oxygen atoms in total. The third kappa shape index (κ3) is 5.90. The lowest BCUT2D eigenvalue weighted by Gasteiger charge is -2.16. The van der Waals surface area contributed by atoms with Gasteiger partial charge >= 0.3 is 0 Å². The fourth-order valence-corrected chi connectivity index (χ4v) is 3.34. The standard InChI is InChI=1S/C21H33BN4/c1-4-16-7-10-19(11-16)26-13-20(15(2)24-3)21(23)14-25-12-17-5-8-18(22)9-6-17/h5-6,8-9,13-14,16,19,24-26H,2,4,7,10-12,22-23H2,1,3H3/b20-13+,21-14-. The zero-order chi connectivity index (χ0) is 18.9. The highest BCUT2D eigenvalue weighted by atomic mass is 14.9. The predicted octanol–water partition coefficient (Wildman–Crippen LogP) is 1.62. The molecule has 0 bridgehead atoms. The maximum atomic E-state index is 6.31. The first kappa shape index (κ1) is 20.0. The van der Waals surface area contributed by atoms with Gasteiger partial charge in [0.25, 0.3) is 0 Å². The number of benzene rings is 1. The molecule has 0 radical (unpaired) electrons. The third-order valence-electron chi connectivity index (χ3n) is 5.20. The summed E-state index contributed by atoms with van der Waals surface area (Å²) in [6.07, 6.45) is 8.92. The number of likely N-dealkylation sites (N-methyl/N-ethyl adjacent to an activating group) is 1. The summed E-state index contributed by atoms with van der Waals surface area (Å²) in [5.74, 6) is 0.848. The third-order valence-corrected chi connectivity index (χ3v) is 5.20. The average molecular weight is 352 g/mol. The molecule has 0 heterocycles. The molecule has 1 aromatic rings. The summed E-state index contributed by atoms with van der Waals surface area (Å²) in [6.45, 7) is 7.10. The second-order valence-electron chi connectivity index (χ2n) is 7.20. The Morgan fingerprint density at radius 3 is 2.62 bits per heavy atom. The summed E-state index contributed by atoms with van der Waals surface area (Å²) in [5, 5.41) is 9.95. The van der Waals surface area contributed by atoms with E-state index in [1.807, 2.05) is 19.4 Å². The van der Waals surface area contributed by atoms with Gasteiger partial charge in [-0.25, -0.2) is 0 Å². The molecule has 2 unspecified atom stereocenters. The topological polar surface area (TPSA) is 62.1 Å². The van der Waals surface area contributed by atoms with Gasteiger partial charge in [-0.1, -0.05) is 49.7 Å². The van der Waals surface area contributed by atoms with Crippen molar-refractivity contribution in [2.75, 3.05) is 7.05 Å². The van der Waals surface area contributed by atoms with Gasteiger partial charge < -0.3 is 21.7 Å². The molecular formula is C21H33BN4. The summed E-state index contributed by atoms with van der Waals surface area (Å²) in [7, 11) is 3.96. The molecule has 0 aromatic heterocycles. The summed E-state index contributed by atoms with van der Waals surface area (Å²) in [6, 6.07) is 9.02. The van der Waals surface area contributed by atoms with Crippen LogP contribution < -0.4 is 27.1 Å². The number of nitrogens with two attached hydrogens (primary N) is 1. The molecule has 26 heavy (non-hydrogen) atoms. The van der Waals surface area contributed by atoms with Gasteiger partial charge in [-0.2, -0.15) is 0 Å². The van der Waals surface area contributed by atoms with E-state index in [0.29, 0.717) is 11.7 Å². The van der Waals surface area contributed by atoms with Crippen molar-refractivity contribution in [1.82, 2.24) is 16.0 Å². The van der Waals surface area contributed by atoms with Crippen LogP contribution in [0.2, 0.25) is 0 Å². The monoisotopic (exact) mass is 352 g/mol. The van der Waals surface area contributed by atoms with E-state index < -0.39 is 0 Å². The molecule has 5 heteroatoms. The molecule has 1 aromatic carbocycles. The zero-order valence-electron chi connectivity index (χ0n) is 16.4. The van der Waals surface area contributed by atoms with Gasteiger partial charge in [-0.3, -0.25) is 0 Å². The maximum absolute atomic E-state index is 6.31. The Hall–Kier alpha value is -2.30. The van der Waals surface area contributed by atoms with E-state index in [0.717, 1.165) is 23.7 Å². The summed E-state index contributed by atoms with van der Waals surface area (Å²) in [4.78, 5) is 0. The fourth-order valence-electron chi connectivity index (χ4n) is 3.34. The van der Waals surface area contributed by atoms with E-state index in [2.05, 4.69) is 61.6 Å².